The summed E-state index contributed by atoms with van der Waals surface area (Å²) in [5.41, 5.74) is 1.02. The van der Waals surface area contributed by atoms with E-state index in [9.17, 15) is 14.7 Å². The molecule has 0 bridgehead atoms. The Morgan fingerprint density at radius 3 is 2.58 bits per heavy atom. The van der Waals surface area contributed by atoms with Crippen molar-refractivity contribution in [3.63, 3.8) is 0 Å². The zero-order chi connectivity index (χ0) is 18.7. The molecule has 7 heteroatoms. The quantitative estimate of drug-likeness (QED) is 0.613. The van der Waals surface area contributed by atoms with Crippen molar-refractivity contribution >= 4 is 51.9 Å². The molecule has 0 aliphatic carbocycles. The number of rotatable bonds is 4. The molecule has 0 spiro atoms. The number of nitrogens with zero attached hydrogens (tertiary/aromatic N) is 1. The summed E-state index contributed by atoms with van der Waals surface area (Å²) in [7, 11) is 0. The average molecular weight is 383 g/mol. The molecule has 0 aromatic heterocycles. The first-order valence-electron chi connectivity index (χ1n) is 7.53. The van der Waals surface area contributed by atoms with Crippen LogP contribution in [0.3, 0.4) is 0 Å². The van der Waals surface area contributed by atoms with Crippen LogP contribution in [-0.2, 0) is 4.79 Å². The van der Waals surface area contributed by atoms with Gasteiger partial charge in [0.1, 0.15) is 11.3 Å². The molecule has 26 heavy (non-hydrogen) atoms. The fourth-order valence-electron chi connectivity index (χ4n) is 2.35. The summed E-state index contributed by atoms with van der Waals surface area (Å²) in [6.45, 7) is 0. The summed E-state index contributed by atoms with van der Waals surface area (Å²) in [5, 5.41) is 18.7. The molecule has 5 nitrogen and oxygen atoms in total. The van der Waals surface area contributed by atoms with Crippen LogP contribution in [0.1, 0.15) is 15.9 Å². The van der Waals surface area contributed by atoms with Gasteiger partial charge in [0, 0.05) is 0 Å². The van der Waals surface area contributed by atoms with Gasteiger partial charge in [-0.15, -0.1) is 0 Å². The van der Waals surface area contributed by atoms with Crippen molar-refractivity contribution < 1.29 is 19.8 Å². The van der Waals surface area contributed by atoms with Gasteiger partial charge in [0.2, 0.25) is 0 Å². The molecule has 0 unspecified atom stereocenters. The maximum Gasteiger partial charge on any atom is 0.339 e. The van der Waals surface area contributed by atoms with Crippen molar-refractivity contribution in [2.45, 2.75) is 0 Å². The van der Waals surface area contributed by atoms with Gasteiger partial charge in [-0.25, -0.2) is 4.79 Å². The molecule has 1 fully saturated rings. The minimum atomic E-state index is -1.28. The highest BCUT2D eigenvalue weighted by atomic mass is 32.2. The highest BCUT2D eigenvalue weighted by molar-refractivity contribution is 8.27. The van der Waals surface area contributed by atoms with E-state index < -0.39 is 5.97 Å². The van der Waals surface area contributed by atoms with Crippen molar-refractivity contribution in [1.82, 2.24) is 0 Å². The molecular formula is C19H13NO4S2. The smallest absolute Gasteiger partial charge is 0.339 e. The van der Waals surface area contributed by atoms with Crippen molar-refractivity contribution in [2.75, 3.05) is 4.90 Å². The van der Waals surface area contributed by atoms with Gasteiger partial charge in [-0.2, -0.15) is 0 Å². The Morgan fingerprint density at radius 1 is 1.15 bits per heavy atom. The first-order chi connectivity index (χ1) is 12.5. The number of benzene rings is 2. The first kappa shape index (κ1) is 17.9. The van der Waals surface area contributed by atoms with E-state index in [0.29, 0.717) is 14.9 Å². The van der Waals surface area contributed by atoms with E-state index in [0.717, 1.165) is 17.3 Å². The SMILES string of the molecule is O=C(O)c1cc(N2C(=O)/C(=C\C=C/c3ccccc3)SC2=S)ccc1O. The lowest BCUT2D eigenvalue weighted by Crippen LogP contribution is -2.27. The maximum atomic E-state index is 12.6. The highest BCUT2D eigenvalue weighted by Crippen LogP contribution is 2.36. The number of aromatic carboxylic acids is 1. The van der Waals surface area contributed by atoms with Crippen molar-refractivity contribution in [1.29, 1.82) is 0 Å². The number of carboxylic acids is 1. The Balaban J connectivity index is 1.85. The van der Waals surface area contributed by atoms with Gasteiger partial charge in [-0.3, -0.25) is 9.69 Å². The second kappa shape index (κ2) is 7.55. The number of thioether (sulfide) groups is 1. The Labute approximate surface area is 159 Å². The Kier molecular flexibility index (Phi) is 5.20. The summed E-state index contributed by atoms with van der Waals surface area (Å²) in [5.74, 6) is -1.98. The van der Waals surface area contributed by atoms with Gasteiger partial charge < -0.3 is 10.2 Å². The molecule has 1 aliphatic heterocycles. The third kappa shape index (κ3) is 3.68. The van der Waals surface area contributed by atoms with E-state index in [1.165, 1.54) is 23.1 Å². The number of anilines is 1. The minimum Gasteiger partial charge on any atom is -0.507 e. The van der Waals surface area contributed by atoms with Crippen LogP contribution in [0.25, 0.3) is 6.08 Å². The van der Waals surface area contributed by atoms with E-state index in [2.05, 4.69) is 0 Å². The fraction of sp³-hybridized carbons (Fsp3) is 0. The van der Waals surface area contributed by atoms with Crippen LogP contribution in [0, 0.1) is 0 Å². The Hall–Kier alpha value is -2.90. The third-order valence-electron chi connectivity index (χ3n) is 3.60. The minimum absolute atomic E-state index is 0.287. The summed E-state index contributed by atoms with van der Waals surface area (Å²) in [6.07, 6.45) is 5.31. The van der Waals surface area contributed by atoms with Crippen LogP contribution in [-0.4, -0.2) is 26.4 Å². The molecule has 0 radical (unpaired) electrons. The maximum absolute atomic E-state index is 12.6. The monoisotopic (exact) mass is 383 g/mol. The summed E-state index contributed by atoms with van der Waals surface area (Å²) in [4.78, 5) is 25.5. The number of carbonyl (C=O) groups excluding carboxylic acids is 1. The lowest BCUT2D eigenvalue weighted by Gasteiger charge is -2.15. The van der Waals surface area contributed by atoms with Crippen LogP contribution in [0.15, 0.2) is 65.6 Å². The number of carboxylic acid groups (broad SMARTS) is 1. The summed E-state index contributed by atoms with van der Waals surface area (Å²) in [6, 6.07) is 13.6. The largest absolute Gasteiger partial charge is 0.507 e. The molecule has 0 atom stereocenters. The number of allylic oxidation sites excluding steroid dienone is 2. The van der Waals surface area contributed by atoms with E-state index in [4.69, 9.17) is 17.3 Å². The van der Waals surface area contributed by atoms with Crippen LogP contribution in [0.4, 0.5) is 5.69 Å². The zero-order valence-corrected chi connectivity index (χ0v) is 15.0. The van der Waals surface area contributed by atoms with Crippen LogP contribution < -0.4 is 4.90 Å². The van der Waals surface area contributed by atoms with E-state index in [1.807, 2.05) is 36.4 Å². The molecule has 2 aromatic carbocycles. The molecule has 1 saturated heterocycles. The van der Waals surface area contributed by atoms with Crippen molar-refractivity contribution in [2.24, 2.45) is 0 Å². The number of hydrogen-bond donors (Lipinski definition) is 2. The normalized spacial score (nSPS) is 16.0. The summed E-state index contributed by atoms with van der Waals surface area (Å²) < 4.78 is 0.302. The van der Waals surface area contributed by atoms with E-state index in [-0.39, 0.29) is 17.2 Å². The molecular weight excluding hydrogens is 370 g/mol. The standard InChI is InChI=1S/C19H13NO4S2/c21-15-10-9-13(11-14(15)18(23)24)20-17(22)16(26-19(20)25)8-4-7-12-5-2-1-3-6-12/h1-11,21H,(H,23,24)/b7-4-,16-8+. The number of amides is 1. The second-order valence-corrected chi connectivity index (χ2v) is 6.99. The fourth-order valence-corrected chi connectivity index (χ4v) is 3.60. The van der Waals surface area contributed by atoms with Crippen LogP contribution in [0.2, 0.25) is 0 Å². The third-order valence-corrected chi connectivity index (χ3v) is 4.92. The van der Waals surface area contributed by atoms with Gasteiger partial charge >= 0.3 is 5.97 Å². The number of phenols is 1. The van der Waals surface area contributed by atoms with E-state index >= 15 is 0 Å². The van der Waals surface area contributed by atoms with Crippen LogP contribution in [0.5, 0.6) is 5.75 Å². The van der Waals surface area contributed by atoms with E-state index in [1.54, 1.807) is 12.2 Å². The predicted octanol–water partition coefficient (Wildman–Crippen LogP) is 4.05. The topological polar surface area (TPSA) is 77.8 Å². The van der Waals surface area contributed by atoms with Gasteiger partial charge in [-0.05, 0) is 29.8 Å². The van der Waals surface area contributed by atoms with Crippen LogP contribution >= 0.6 is 24.0 Å². The Bertz CT molecular complexity index is 951. The first-order valence-corrected chi connectivity index (χ1v) is 8.76. The number of thiocarbonyl (C=S) groups is 1. The number of carbonyl (C=O) groups is 2. The van der Waals surface area contributed by atoms with Crippen molar-refractivity contribution in [3.05, 3.63) is 76.7 Å². The lowest BCUT2D eigenvalue weighted by atomic mass is 10.1. The molecule has 0 saturated carbocycles. The zero-order valence-electron chi connectivity index (χ0n) is 13.3. The van der Waals surface area contributed by atoms with Gasteiger partial charge in [0.05, 0.1) is 10.6 Å². The van der Waals surface area contributed by atoms with Gasteiger partial charge in [-0.1, -0.05) is 66.5 Å². The van der Waals surface area contributed by atoms with Crippen molar-refractivity contribution in [3.8, 4) is 5.75 Å². The highest BCUT2D eigenvalue weighted by Gasteiger charge is 2.33. The van der Waals surface area contributed by atoms with Gasteiger partial charge in [0.25, 0.3) is 5.91 Å². The molecule has 1 amide bonds. The number of hydrogen-bond acceptors (Lipinski definition) is 5. The Morgan fingerprint density at radius 2 is 1.88 bits per heavy atom. The molecule has 130 valence electrons. The summed E-state index contributed by atoms with van der Waals surface area (Å²) >= 11 is 6.39. The lowest BCUT2D eigenvalue weighted by molar-refractivity contribution is -0.113. The molecule has 2 N–H and O–H groups in total. The molecule has 1 aliphatic rings. The second-order valence-electron chi connectivity index (χ2n) is 5.32. The number of aromatic hydroxyl groups is 1. The van der Waals surface area contributed by atoms with Gasteiger partial charge in [0.15, 0.2) is 4.32 Å². The molecule has 2 aromatic rings. The molecule has 1 heterocycles. The average Bonchev–Trinajstić information content (AvgIpc) is 2.90. The molecule has 3 rings (SSSR count). The predicted molar refractivity (Wildman–Crippen MR) is 106 cm³/mol.